The lowest BCUT2D eigenvalue weighted by molar-refractivity contribution is 0.480. The van der Waals surface area contributed by atoms with E-state index in [0.717, 1.165) is 84.6 Å². The van der Waals surface area contributed by atoms with Crippen molar-refractivity contribution >= 4 is 21.8 Å². The van der Waals surface area contributed by atoms with Gasteiger partial charge < -0.3 is 9.13 Å². The molecule has 0 amide bonds. The Morgan fingerprint density at radius 3 is 1.52 bits per heavy atom. The van der Waals surface area contributed by atoms with Crippen LogP contribution in [0.15, 0.2) is 48.8 Å². The minimum absolute atomic E-state index is 0.188. The third-order valence-electron chi connectivity index (χ3n) is 9.05. The zero-order chi connectivity index (χ0) is 28.2. The Balaban J connectivity index is 0.976. The molecule has 0 spiro atoms. The first-order valence-corrected chi connectivity index (χ1v) is 15.0. The van der Waals surface area contributed by atoms with E-state index in [2.05, 4.69) is 29.8 Å². The molecule has 0 fully saturated rings. The van der Waals surface area contributed by atoms with Crippen molar-refractivity contribution in [1.29, 1.82) is 0 Å². The summed E-state index contributed by atoms with van der Waals surface area (Å²) in [4.78, 5) is 0. The fourth-order valence-corrected chi connectivity index (χ4v) is 7.15. The van der Waals surface area contributed by atoms with E-state index >= 15 is 0 Å². The molecule has 4 aromatic heterocycles. The number of halogens is 2. The van der Waals surface area contributed by atoms with Crippen molar-refractivity contribution in [2.75, 3.05) is 0 Å². The molecule has 214 valence electrons. The lowest BCUT2D eigenvalue weighted by atomic mass is 9.95. The van der Waals surface area contributed by atoms with Crippen LogP contribution in [0.3, 0.4) is 0 Å². The average Bonchev–Trinajstić information content (AvgIpc) is 3.78. The lowest BCUT2D eigenvalue weighted by Gasteiger charge is -2.15. The van der Waals surface area contributed by atoms with Crippen molar-refractivity contribution in [2.24, 2.45) is 0 Å². The molecule has 0 saturated heterocycles. The monoisotopic (exact) mass is 566 g/mol. The number of aryl methyl sites for hydroxylation is 4. The fourth-order valence-electron chi connectivity index (χ4n) is 7.15. The molecule has 8 nitrogen and oxygen atoms in total. The van der Waals surface area contributed by atoms with Gasteiger partial charge in [0.15, 0.2) is 0 Å². The van der Waals surface area contributed by atoms with Crippen molar-refractivity contribution < 1.29 is 8.78 Å². The molecular formula is C32H32F2N8. The topological polar surface area (TPSA) is 71.3 Å². The van der Waals surface area contributed by atoms with Gasteiger partial charge in [0.1, 0.15) is 23.0 Å². The zero-order valence-corrected chi connectivity index (χ0v) is 23.4. The zero-order valence-electron chi connectivity index (χ0n) is 23.4. The van der Waals surface area contributed by atoms with Crippen LogP contribution in [0.2, 0.25) is 0 Å². The van der Waals surface area contributed by atoms with E-state index in [0.29, 0.717) is 26.2 Å². The van der Waals surface area contributed by atoms with Crippen LogP contribution >= 0.6 is 0 Å². The van der Waals surface area contributed by atoms with E-state index < -0.39 is 0 Å². The van der Waals surface area contributed by atoms with Crippen molar-refractivity contribution in [3.05, 3.63) is 94.3 Å². The van der Waals surface area contributed by atoms with E-state index in [-0.39, 0.29) is 11.6 Å². The Hall–Kier alpha value is -4.34. The number of hydrogen-bond donors (Lipinski definition) is 0. The minimum atomic E-state index is -0.188. The minimum Gasteiger partial charge on any atom is -0.338 e. The van der Waals surface area contributed by atoms with Crippen LogP contribution in [-0.2, 0) is 51.9 Å². The summed E-state index contributed by atoms with van der Waals surface area (Å²) < 4.78 is 36.4. The fraction of sp³-hybridized carbons (Fsp3) is 0.375. The van der Waals surface area contributed by atoms with Gasteiger partial charge >= 0.3 is 0 Å². The predicted molar refractivity (Wildman–Crippen MR) is 155 cm³/mol. The van der Waals surface area contributed by atoms with E-state index in [1.807, 2.05) is 33.9 Å². The Labute approximate surface area is 241 Å². The lowest BCUT2D eigenvalue weighted by Crippen LogP contribution is -2.10. The van der Waals surface area contributed by atoms with Gasteiger partial charge in [0.05, 0.1) is 38.6 Å². The molecule has 8 rings (SSSR count). The van der Waals surface area contributed by atoms with Crippen LogP contribution in [0.5, 0.6) is 0 Å². The third kappa shape index (κ3) is 4.40. The Kier molecular flexibility index (Phi) is 6.15. The highest BCUT2D eigenvalue weighted by Crippen LogP contribution is 2.34. The van der Waals surface area contributed by atoms with Gasteiger partial charge in [0, 0.05) is 33.2 Å². The van der Waals surface area contributed by atoms with E-state index in [1.165, 1.54) is 22.5 Å². The van der Waals surface area contributed by atoms with Crippen LogP contribution in [0.25, 0.3) is 21.8 Å². The average molecular weight is 567 g/mol. The number of aromatic nitrogens is 8. The molecule has 42 heavy (non-hydrogen) atoms. The molecule has 0 atom stereocenters. The van der Waals surface area contributed by atoms with Gasteiger partial charge in [-0.05, 0) is 98.9 Å². The molecule has 6 aromatic rings. The molecule has 2 aliphatic carbocycles. The van der Waals surface area contributed by atoms with Crippen LogP contribution in [0, 0.1) is 11.6 Å². The van der Waals surface area contributed by atoms with E-state index in [1.54, 1.807) is 24.3 Å². The van der Waals surface area contributed by atoms with Crippen molar-refractivity contribution in [1.82, 2.24) is 39.1 Å². The highest BCUT2D eigenvalue weighted by molar-refractivity contribution is 5.87. The molecule has 0 radical (unpaired) electrons. The number of rotatable bonds is 7. The van der Waals surface area contributed by atoms with Gasteiger partial charge in [-0.1, -0.05) is 10.4 Å². The van der Waals surface area contributed by atoms with Crippen LogP contribution < -0.4 is 0 Å². The molecular weight excluding hydrogens is 534 g/mol. The maximum Gasteiger partial charge on any atom is 0.123 e. The summed E-state index contributed by atoms with van der Waals surface area (Å²) in [6.45, 7) is 2.47. The second-order valence-electron chi connectivity index (χ2n) is 11.7. The molecule has 0 N–H and O–H groups in total. The highest BCUT2D eigenvalue weighted by Gasteiger charge is 2.22. The molecule has 2 aromatic carbocycles. The maximum atomic E-state index is 14.0. The van der Waals surface area contributed by atoms with Gasteiger partial charge in [-0.25, -0.2) is 8.78 Å². The quantitative estimate of drug-likeness (QED) is 0.252. The second-order valence-corrected chi connectivity index (χ2v) is 11.7. The normalized spacial score (nSPS) is 15.0. The SMILES string of the molecule is Fc1ccc2c(c1)c1c(n2Cc2cn(CCn3cc(Cn4c5c(c6cc(F)ccc64)CCCC5)nn3)nn2)CCCC1. The number of fused-ring (bicyclic) bond motifs is 6. The summed E-state index contributed by atoms with van der Waals surface area (Å²) >= 11 is 0. The second kappa shape index (κ2) is 10.2. The summed E-state index contributed by atoms with van der Waals surface area (Å²) in [6, 6.07) is 10.2. The van der Waals surface area contributed by atoms with Gasteiger partial charge in [-0.3, -0.25) is 9.36 Å². The molecule has 0 aliphatic heterocycles. The van der Waals surface area contributed by atoms with Crippen LogP contribution in [0.1, 0.15) is 59.6 Å². The summed E-state index contributed by atoms with van der Waals surface area (Å²) in [6.07, 6.45) is 12.6. The summed E-state index contributed by atoms with van der Waals surface area (Å²) in [5.41, 5.74) is 9.05. The summed E-state index contributed by atoms with van der Waals surface area (Å²) in [5.74, 6) is -0.376. The number of nitrogens with zero attached hydrogens (tertiary/aromatic N) is 8. The van der Waals surface area contributed by atoms with Gasteiger partial charge in [-0.2, -0.15) is 0 Å². The predicted octanol–water partition coefficient (Wildman–Crippen LogP) is 5.61. The number of hydrogen-bond acceptors (Lipinski definition) is 4. The Bertz CT molecular complexity index is 1800. The van der Waals surface area contributed by atoms with Gasteiger partial charge in [0.2, 0.25) is 0 Å². The van der Waals surface area contributed by atoms with Crippen LogP contribution in [0.4, 0.5) is 8.78 Å². The van der Waals surface area contributed by atoms with E-state index in [4.69, 9.17) is 0 Å². The first-order chi connectivity index (χ1) is 20.6. The standard InChI is InChI=1S/C32H32F2N8/c33-21-9-11-31-27(15-21)25-5-1-3-7-29(25)41(31)19-23-17-39(37-35-23)13-14-40-18-24(36-38-40)20-42-30-8-4-2-6-26(30)28-16-22(34)10-12-32(28)42/h9-12,15-18H,1-8,13-14,19-20H2. The molecule has 0 bridgehead atoms. The third-order valence-corrected chi connectivity index (χ3v) is 9.05. The molecule has 2 aliphatic rings. The maximum absolute atomic E-state index is 14.0. The Morgan fingerprint density at radius 1 is 0.595 bits per heavy atom. The molecule has 10 heteroatoms. The van der Waals surface area contributed by atoms with E-state index in [9.17, 15) is 8.78 Å². The van der Waals surface area contributed by atoms with Gasteiger partial charge in [-0.15, -0.1) is 10.2 Å². The highest BCUT2D eigenvalue weighted by atomic mass is 19.1. The largest absolute Gasteiger partial charge is 0.338 e. The Morgan fingerprint density at radius 2 is 1.05 bits per heavy atom. The number of benzene rings is 2. The molecule has 0 unspecified atom stereocenters. The van der Waals surface area contributed by atoms with Gasteiger partial charge in [0.25, 0.3) is 0 Å². The smallest absolute Gasteiger partial charge is 0.123 e. The van der Waals surface area contributed by atoms with Crippen molar-refractivity contribution in [2.45, 2.75) is 77.5 Å². The summed E-state index contributed by atoms with van der Waals surface area (Å²) in [5, 5.41) is 19.7. The summed E-state index contributed by atoms with van der Waals surface area (Å²) in [7, 11) is 0. The molecule has 0 saturated carbocycles. The molecule has 4 heterocycles. The first-order valence-electron chi connectivity index (χ1n) is 15.0. The van der Waals surface area contributed by atoms with Crippen molar-refractivity contribution in [3.8, 4) is 0 Å². The van der Waals surface area contributed by atoms with Crippen molar-refractivity contribution in [3.63, 3.8) is 0 Å². The van der Waals surface area contributed by atoms with Crippen LogP contribution in [-0.4, -0.2) is 39.1 Å². The first kappa shape index (κ1) is 25.4.